The summed E-state index contributed by atoms with van der Waals surface area (Å²) < 4.78 is 30.0. The molecule has 0 saturated carbocycles. The zero-order valence-electron chi connectivity index (χ0n) is 17.2. The number of esters is 1. The number of carbonyl (C=O) groups is 1. The molecular weight excluding hydrogens is 376 g/mol. The van der Waals surface area contributed by atoms with Crippen LogP contribution in [-0.4, -0.2) is 60.8 Å². The molecule has 0 unspecified atom stereocenters. The van der Waals surface area contributed by atoms with E-state index in [0.717, 1.165) is 19.3 Å². The van der Waals surface area contributed by atoms with Crippen LogP contribution in [0.25, 0.3) is 0 Å². The molecule has 0 bridgehead atoms. The predicted molar refractivity (Wildman–Crippen MR) is 104 cm³/mol. The van der Waals surface area contributed by atoms with Crippen LogP contribution >= 0.6 is 0 Å². The lowest BCUT2D eigenvalue weighted by Gasteiger charge is -2.45. The van der Waals surface area contributed by atoms with Gasteiger partial charge in [-0.15, -0.1) is 0 Å². The summed E-state index contributed by atoms with van der Waals surface area (Å²) in [6, 6.07) is 0. The monoisotopic (exact) mass is 408 g/mol. The molecule has 7 atom stereocenters. The molecule has 2 spiro atoms. The van der Waals surface area contributed by atoms with Crippen molar-refractivity contribution < 1.29 is 33.6 Å². The molecule has 7 heteroatoms. The molecule has 4 rings (SSSR count). The highest BCUT2D eigenvalue weighted by molar-refractivity contribution is 5.69. The van der Waals surface area contributed by atoms with E-state index in [-0.39, 0.29) is 42.9 Å². The molecule has 0 aromatic carbocycles. The molecule has 162 valence electrons. The molecule has 3 saturated heterocycles. The van der Waals surface area contributed by atoms with Gasteiger partial charge in [0, 0.05) is 38.0 Å². The maximum Gasteiger partial charge on any atom is 0.305 e. The average molecular weight is 408 g/mol. The zero-order valence-corrected chi connectivity index (χ0v) is 17.2. The molecule has 0 aromatic heterocycles. The number of ether oxygens (including phenoxy) is 5. The molecule has 0 aromatic rings. The summed E-state index contributed by atoms with van der Waals surface area (Å²) in [5.74, 6) is -1.36. The number of hydrogen-bond donors (Lipinski definition) is 1. The molecule has 0 radical (unpaired) electrons. The van der Waals surface area contributed by atoms with Gasteiger partial charge in [-0.3, -0.25) is 4.79 Å². The number of allylic oxidation sites excluding steroid dienone is 1. The second-order valence-corrected chi connectivity index (χ2v) is 8.59. The van der Waals surface area contributed by atoms with E-state index in [4.69, 9.17) is 18.9 Å². The third-order valence-corrected chi connectivity index (χ3v) is 6.56. The first-order chi connectivity index (χ1) is 14.0. The van der Waals surface area contributed by atoms with Crippen LogP contribution in [0.5, 0.6) is 0 Å². The summed E-state index contributed by atoms with van der Waals surface area (Å²) in [6.45, 7) is 2.17. The molecule has 0 amide bonds. The Morgan fingerprint density at radius 3 is 2.93 bits per heavy atom. The van der Waals surface area contributed by atoms with Crippen LogP contribution in [0.2, 0.25) is 0 Å². The molecule has 4 heterocycles. The van der Waals surface area contributed by atoms with Crippen molar-refractivity contribution in [3.8, 4) is 0 Å². The van der Waals surface area contributed by atoms with Crippen molar-refractivity contribution >= 4 is 5.97 Å². The van der Waals surface area contributed by atoms with Crippen LogP contribution in [-0.2, 0) is 28.5 Å². The summed E-state index contributed by atoms with van der Waals surface area (Å²) in [5.41, 5.74) is 0. The van der Waals surface area contributed by atoms with Crippen LogP contribution in [0.1, 0.15) is 51.9 Å². The lowest BCUT2D eigenvalue weighted by Crippen LogP contribution is -2.53. The van der Waals surface area contributed by atoms with E-state index in [1.54, 1.807) is 0 Å². The SMILES string of the molecule is COC(=O)CC/C=C/[C@H]1C=CC[C@@]2(CC[C@]3(O[C@@H]4C[C@@H](CO)O[C@@H]4C[C@@H]3C)O2)O1. The minimum Gasteiger partial charge on any atom is -0.469 e. The van der Waals surface area contributed by atoms with Crippen LogP contribution in [0.3, 0.4) is 0 Å². The van der Waals surface area contributed by atoms with E-state index < -0.39 is 11.6 Å². The summed E-state index contributed by atoms with van der Waals surface area (Å²) in [5, 5.41) is 9.43. The topological polar surface area (TPSA) is 83.5 Å². The van der Waals surface area contributed by atoms with Crippen molar-refractivity contribution in [2.24, 2.45) is 5.92 Å². The molecular formula is C22H32O7. The Morgan fingerprint density at radius 1 is 1.28 bits per heavy atom. The fourth-order valence-electron chi connectivity index (χ4n) is 4.94. The highest BCUT2D eigenvalue weighted by Gasteiger charge is 2.59. The Balaban J connectivity index is 1.37. The van der Waals surface area contributed by atoms with Gasteiger partial charge < -0.3 is 28.8 Å². The third-order valence-electron chi connectivity index (χ3n) is 6.56. The molecule has 4 aliphatic heterocycles. The normalized spacial score (nSPS) is 44.0. The molecule has 1 N–H and O–H groups in total. The van der Waals surface area contributed by atoms with Crippen LogP contribution in [0.4, 0.5) is 0 Å². The summed E-state index contributed by atoms with van der Waals surface area (Å²) in [4.78, 5) is 11.2. The standard InChI is InChI=1S/C22H32O7/c1-15-12-18-19(13-17(14-23)26-18)28-22(15)11-10-21(29-22)9-5-7-16(27-21)6-3-4-8-20(24)25-2/h3,5-7,15-19,23H,4,8-14H2,1-2H3/b6-3+/t15-,16-,17-,18+,19+,21+,22-/m0/s1. The Hall–Kier alpha value is -1.25. The van der Waals surface area contributed by atoms with E-state index in [1.807, 2.05) is 18.2 Å². The summed E-state index contributed by atoms with van der Waals surface area (Å²) in [6.07, 6.45) is 12.5. The minimum atomic E-state index is -0.678. The van der Waals surface area contributed by atoms with Crippen molar-refractivity contribution in [3.05, 3.63) is 24.3 Å². The summed E-state index contributed by atoms with van der Waals surface area (Å²) >= 11 is 0. The van der Waals surface area contributed by atoms with Gasteiger partial charge >= 0.3 is 5.97 Å². The third kappa shape index (κ3) is 4.30. The number of hydrogen-bond acceptors (Lipinski definition) is 7. The lowest BCUT2D eigenvalue weighted by molar-refractivity contribution is -0.365. The van der Waals surface area contributed by atoms with E-state index in [9.17, 15) is 9.90 Å². The first-order valence-corrected chi connectivity index (χ1v) is 10.7. The minimum absolute atomic E-state index is 0.0282. The van der Waals surface area contributed by atoms with Gasteiger partial charge in [-0.05, 0) is 12.8 Å². The summed E-state index contributed by atoms with van der Waals surface area (Å²) in [7, 11) is 1.40. The van der Waals surface area contributed by atoms with Gasteiger partial charge in [-0.1, -0.05) is 31.2 Å². The number of aliphatic hydroxyl groups is 1. The van der Waals surface area contributed by atoms with Gasteiger partial charge in [0.05, 0.1) is 38.1 Å². The number of rotatable bonds is 5. The van der Waals surface area contributed by atoms with Gasteiger partial charge in [0.25, 0.3) is 0 Å². The van der Waals surface area contributed by atoms with Gasteiger partial charge in [0.2, 0.25) is 0 Å². The van der Waals surface area contributed by atoms with Gasteiger partial charge in [0.15, 0.2) is 11.6 Å². The Bertz CT molecular complexity index is 662. The van der Waals surface area contributed by atoms with Crippen molar-refractivity contribution in [3.63, 3.8) is 0 Å². The van der Waals surface area contributed by atoms with Crippen LogP contribution in [0, 0.1) is 5.92 Å². The van der Waals surface area contributed by atoms with E-state index in [1.165, 1.54) is 7.11 Å². The van der Waals surface area contributed by atoms with E-state index in [2.05, 4.69) is 17.7 Å². The van der Waals surface area contributed by atoms with Crippen molar-refractivity contribution in [2.45, 2.75) is 87.9 Å². The van der Waals surface area contributed by atoms with Crippen molar-refractivity contribution in [1.82, 2.24) is 0 Å². The first-order valence-electron chi connectivity index (χ1n) is 10.7. The fraction of sp³-hybridized carbons (Fsp3) is 0.773. The molecule has 29 heavy (non-hydrogen) atoms. The lowest BCUT2D eigenvalue weighted by atomic mass is 9.86. The molecule has 0 aliphatic carbocycles. The number of methoxy groups -OCH3 is 1. The van der Waals surface area contributed by atoms with Gasteiger partial charge in [-0.2, -0.15) is 0 Å². The van der Waals surface area contributed by atoms with Crippen molar-refractivity contribution in [2.75, 3.05) is 13.7 Å². The smallest absolute Gasteiger partial charge is 0.305 e. The highest BCUT2D eigenvalue weighted by atomic mass is 16.8. The quantitative estimate of drug-likeness (QED) is 0.553. The van der Waals surface area contributed by atoms with Crippen LogP contribution in [0.15, 0.2) is 24.3 Å². The average Bonchev–Trinajstić information content (AvgIpc) is 3.27. The maximum absolute atomic E-state index is 11.2. The fourth-order valence-corrected chi connectivity index (χ4v) is 4.94. The van der Waals surface area contributed by atoms with E-state index in [0.29, 0.717) is 25.7 Å². The largest absolute Gasteiger partial charge is 0.469 e. The Morgan fingerprint density at radius 2 is 2.14 bits per heavy atom. The zero-order chi connectivity index (χ0) is 20.5. The van der Waals surface area contributed by atoms with Crippen LogP contribution < -0.4 is 0 Å². The van der Waals surface area contributed by atoms with E-state index >= 15 is 0 Å². The second-order valence-electron chi connectivity index (χ2n) is 8.59. The van der Waals surface area contributed by atoms with Gasteiger partial charge in [0.1, 0.15) is 0 Å². The number of carbonyl (C=O) groups excluding carboxylic acids is 1. The second kappa shape index (κ2) is 8.47. The molecule has 7 nitrogen and oxygen atoms in total. The maximum atomic E-state index is 11.2. The Labute approximate surface area is 172 Å². The number of fused-ring (bicyclic) bond motifs is 1. The van der Waals surface area contributed by atoms with Crippen molar-refractivity contribution in [1.29, 1.82) is 0 Å². The molecule has 3 fully saturated rings. The number of aliphatic hydroxyl groups excluding tert-OH is 1. The molecule has 4 aliphatic rings. The predicted octanol–water partition coefficient (Wildman–Crippen LogP) is 2.62. The first kappa shape index (κ1) is 21.0. The van der Waals surface area contributed by atoms with Gasteiger partial charge in [-0.25, -0.2) is 0 Å². The Kier molecular flexibility index (Phi) is 6.14. The highest BCUT2D eigenvalue weighted by Crippen LogP contribution is 2.52.